The normalized spacial score (nSPS) is 11.6. The van der Waals surface area contributed by atoms with E-state index in [-0.39, 0.29) is 30.2 Å². The van der Waals surface area contributed by atoms with Crippen LogP contribution >= 0.6 is 24.0 Å². The molecule has 1 aromatic heterocycles. The molecule has 0 saturated heterocycles. The van der Waals surface area contributed by atoms with E-state index in [1.165, 1.54) is 0 Å². The highest BCUT2D eigenvalue weighted by Crippen LogP contribution is 2.09. The third-order valence-electron chi connectivity index (χ3n) is 1.72. The first-order valence-electron chi connectivity index (χ1n) is 3.97. The minimum atomic E-state index is -0.169. The van der Waals surface area contributed by atoms with E-state index in [1.807, 2.05) is 20.2 Å². The molecule has 0 aromatic carbocycles. The zero-order chi connectivity index (χ0) is 9.84. The van der Waals surface area contributed by atoms with Crippen LogP contribution in [-0.2, 0) is 11.8 Å². The number of aromatic nitrogens is 2. The van der Waals surface area contributed by atoms with Gasteiger partial charge in [0.05, 0.1) is 12.2 Å². The van der Waals surface area contributed by atoms with Crippen molar-refractivity contribution in [2.45, 2.75) is 13.0 Å². The molecule has 1 rings (SSSR count). The summed E-state index contributed by atoms with van der Waals surface area (Å²) < 4.78 is 1.69. The number of rotatable bonds is 3. The lowest BCUT2D eigenvalue weighted by atomic mass is 10.2. The number of alkyl halides is 1. The first-order valence-corrected chi connectivity index (χ1v) is 4.51. The molecule has 0 spiro atoms. The molecule has 80 valence electrons. The van der Waals surface area contributed by atoms with Crippen molar-refractivity contribution in [2.24, 2.45) is 7.05 Å². The molecule has 0 bridgehead atoms. The molecule has 1 amide bonds. The van der Waals surface area contributed by atoms with E-state index in [4.69, 9.17) is 11.6 Å². The molecule has 4 nitrogen and oxygen atoms in total. The van der Waals surface area contributed by atoms with Crippen LogP contribution in [0.3, 0.4) is 0 Å². The van der Waals surface area contributed by atoms with Crippen LogP contribution in [0.1, 0.15) is 18.5 Å². The van der Waals surface area contributed by atoms with Crippen molar-refractivity contribution in [1.82, 2.24) is 15.1 Å². The largest absolute Gasteiger partial charge is 0.348 e. The van der Waals surface area contributed by atoms with Gasteiger partial charge in [0, 0.05) is 18.8 Å². The van der Waals surface area contributed by atoms with Crippen LogP contribution < -0.4 is 5.32 Å². The zero-order valence-electron chi connectivity index (χ0n) is 8.03. The molecule has 0 aliphatic carbocycles. The van der Waals surface area contributed by atoms with E-state index in [2.05, 4.69) is 10.4 Å². The molecule has 1 heterocycles. The number of carbonyl (C=O) groups is 1. The first kappa shape index (κ1) is 13.3. The second kappa shape index (κ2) is 5.88. The van der Waals surface area contributed by atoms with Crippen molar-refractivity contribution >= 4 is 29.9 Å². The van der Waals surface area contributed by atoms with Crippen molar-refractivity contribution in [2.75, 3.05) is 5.88 Å². The number of hydrogen-bond acceptors (Lipinski definition) is 2. The fourth-order valence-corrected chi connectivity index (χ4v) is 1.10. The SMILES string of the molecule is CC(NC(=O)CCl)c1cnn(C)c1.Cl. The molecule has 1 unspecified atom stereocenters. The standard InChI is InChI=1S/C8H12ClN3O.ClH/c1-6(11-8(13)3-9)7-4-10-12(2)5-7;/h4-6H,3H2,1-2H3,(H,11,13);1H. The smallest absolute Gasteiger partial charge is 0.235 e. The highest BCUT2D eigenvalue weighted by atomic mass is 35.5. The summed E-state index contributed by atoms with van der Waals surface area (Å²) in [6.45, 7) is 1.89. The highest BCUT2D eigenvalue weighted by molar-refractivity contribution is 6.27. The van der Waals surface area contributed by atoms with Gasteiger partial charge in [-0.25, -0.2) is 0 Å². The lowest BCUT2D eigenvalue weighted by Crippen LogP contribution is -2.27. The Hall–Kier alpha value is -0.740. The van der Waals surface area contributed by atoms with Gasteiger partial charge < -0.3 is 5.32 Å². The van der Waals surface area contributed by atoms with Crippen molar-refractivity contribution in [3.8, 4) is 0 Å². The Kier molecular flexibility index (Phi) is 5.57. The van der Waals surface area contributed by atoms with E-state index < -0.39 is 0 Å². The minimum Gasteiger partial charge on any atom is -0.348 e. The average Bonchev–Trinajstić information content (AvgIpc) is 2.51. The summed E-state index contributed by atoms with van der Waals surface area (Å²) >= 11 is 5.36. The van der Waals surface area contributed by atoms with Gasteiger partial charge in [0.2, 0.25) is 5.91 Å². The Morgan fingerprint density at radius 1 is 1.79 bits per heavy atom. The molecule has 1 aromatic rings. The van der Waals surface area contributed by atoms with Crippen LogP contribution in [0.5, 0.6) is 0 Å². The van der Waals surface area contributed by atoms with Crippen LogP contribution in [0, 0.1) is 0 Å². The van der Waals surface area contributed by atoms with Gasteiger partial charge in [-0.05, 0) is 6.92 Å². The lowest BCUT2D eigenvalue weighted by molar-refractivity contribution is -0.119. The van der Waals surface area contributed by atoms with Crippen LogP contribution in [0.15, 0.2) is 12.4 Å². The maximum atomic E-state index is 10.9. The van der Waals surface area contributed by atoms with Gasteiger partial charge in [-0.3, -0.25) is 9.48 Å². The molecule has 0 aliphatic heterocycles. The third kappa shape index (κ3) is 3.55. The fraction of sp³-hybridized carbons (Fsp3) is 0.500. The van der Waals surface area contributed by atoms with Crippen molar-refractivity contribution in [3.63, 3.8) is 0 Å². The van der Waals surface area contributed by atoms with Crippen LogP contribution in [-0.4, -0.2) is 21.6 Å². The van der Waals surface area contributed by atoms with Gasteiger partial charge >= 0.3 is 0 Å². The number of nitrogens with one attached hydrogen (secondary N) is 1. The molecule has 0 fully saturated rings. The van der Waals surface area contributed by atoms with Crippen molar-refractivity contribution < 1.29 is 4.79 Å². The Morgan fingerprint density at radius 3 is 2.86 bits per heavy atom. The van der Waals surface area contributed by atoms with Gasteiger partial charge in [-0.1, -0.05) is 0 Å². The Balaban J connectivity index is 0.00000169. The number of nitrogens with zero attached hydrogens (tertiary/aromatic N) is 2. The molecule has 0 aliphatic rings. The summed E-state index contributed by atoms with van der Waals surface area (Å²) in [5, 5.41) is 6.74. The molecule has 1 atom stereocenters. The second-order valence-corrected chi connectivity index (χ2v) is 3.14. The average molecular weight is 238 g/mol. The summed E-state index contributed by atoms with van der Waals surface area (Å²) in [7, 11) is 1.83. The lowest BCUT2D eigenvalue weighted by Gasteiger charge is -2.09. The number of halogens is 2. The summed E-state index contributed by atoms with van der Waals surface area (Å²) in [4.78, 5) is 10.9. The van der Waals surface area contributed by atoms with Gasteiger partial charge in [0.25, 0.3) is 0 Å². The maximum Gasteiger partial charge on any atom is 0.235 e. The minimum absolute atomic E-state index is 0. The van der Waals surface area contributed by atoms with Crippen molar-refractivity contribution in [3.05, 3.63) is 18.0 Å². The fourth-order valence-electron chi connectivity index (χ4n) is 1.03. The Labute approximate surface area is 94.0 Å². The molecule has 14 heavy (non-hydrogen) atoms. The first-order chi connectivity index (χ1) is 6.13. The van der Waals surface area contributed by atoms with Crippen LogP contribution in [0.25, 0.3) is 0 Å². The summed E-state index contributed by atoms with van der Waals surface area (Å²) in [6.07, 6.45) is 3.58. The molecule has 0 saturated carbocycles. The monoisotopic (exact) mass is 237 g/mol. The molecular formula is C8H13Cl2N3O. The Bertz CT molecular complexity index is 301. The Morgan fingerprint density at radius 2 is 2.43 bits per heavy atom. The topological polar surface area (TPSA) is 46.9 Å². The molecule has 6 heteroatoms. The van der Waals surface area contributed by atoms with Gasteiger partial charge in [-0.2, -0.15) is 5.10 Å². The van der Waals surface area contributed by atoms with E-state index >= 15 is 0 Å². The van der Waals surface area contributed by atoms with Gasteiger partial charge in [-0.15, -0.1) is 24.0 Å². The van der Waals surface area contributed by atoms with Crippen LogP contribution in [0.2, 0.25) is 0 Å². The summed E-state index contributed by atoms with van der Waals surface area (Å²) in [5.41, 5.74) is 0.973. The second-order valence-electron chi connectivity index (χ2n) is 2.87. The molecule has 0 radical (unpaired) electrons. The quantitative estimate of drug-likeness (QED) is 0.806. The van der Waals surface area contributed by atoms with Gasteiger partial charge in [0.1, 0.15) is 5.88 Å². The van der Waals surface area contributed by atoms with Crippen LogP contribution in [0.4, 0.5) is 0 Å². The van der Waals surface area contributed by atoms with E-state index in [0.717, 1.165) is 5.56 Å². The number of carbonyl (C=O) groups excluding carboxylic acids is 1. The van der Waals surface area contributed by atoms with Crippen molar-refractivity contribution in [1.29, 1.82) is 0 Å². The zero-order valence-corrected chi connectivity index (χ0v) is 9.60. The van der Waals surface area contributed by atoms with Gasteiger partial charge in [0.15, 0.2) is 0 Å². The summed E-state index contributed by atoms with van der Waals surface area (Å²) in [5.74, 6) is -0.178. The van der Waals surface area contributed by atoms with E-state index in [0.29, 0.717) is 0 Å². The van der Waals surface area contributed by atoms with E-state index in [1.54, 1.807) is 10.9 Å². The highest BCUT2D eigenvalue weighted by Gasteiger charge is 2.09. The van der Waals surface area contributed by atoms with E-state index in [9.17, 15) is 4.79 Å². The summed E-state index contributed by atoms with van der Waals surface area (Å²) in [6, 6.07) is -0.0417. The number of aryl methyl sites for hydroxylation is 1. The molecule has 1 N–H and O–H groups in total. The number of amides is 1. The predicted octanol–water partition coefficient (Wildman–Crippen LogP) is 1.26. The predicted molar refractivity (Wildman–Crippen MR) is 57.7 cm³/mol. The molecular weight excluding hydrogens is 225 g/mol. The number of hydrogen-bond donors (Lipinski definition) is 1. The maximum absolute atomic E-state index is 10.9. The third-order valence-corrected chi connectivity index (χ3v) is 1.97.